The molecule has 0 bridgehead atoms. The van der Waals surface area contributed by atoms with Crippen LogP contribution in [-0.2, 0) is 22.6 Å². The molecule has 2 aromatic rings. The quantitative estimate of drug-likeness (QED) is 0.527. The fourth-order valence-electron chi connectivity index (χ4n) is 2.82. The Morgan fingerprint density at radius 2 is 1.40 bits per heavy atom. The van der Waals surface area contributed by atoms with Gasteiger partial charge in [0.05, 0.1) is 26.5 Å². The highest BCUT2D eigenvalue weighted by Gasteiger charge is 2.28. The van der Waals surface area contributed by atoms with Gasteiger partial charge in [-0.2, -0.15) is 0 Å². The Balaban J connectivity index is 2.30. The zero-order valence-corrected chi connectivity index (χ0v) is 20.3. The van der Waals surface area contributed by atoms with Crippen LogP contribution in [-0.4, -0.2) is 28.3 Å². The summed E-state index contributed by atoms with van der Waals surface area (Å²) in [5, 5.41) is 4.52. The Morgan fingerprint density at radius 3 is 1.90 bits per heavy atom. The number of benzene rings is 2. The highest BCUT2D eigenvalue weighted by atomic mass is 35.5. The van der Waals surface area contributed by atoms with E-state index in [1.165, 1.54) is 4.90 Å². The van der Waals surface area contributed by atoms with E-state index in [0.717, 1.165) is 5.56 Å². The molecule has 2 amide bonds. The number of rotatable bonds is 6. The second-order valence-electron chi connectivity index (χ2n) is 8.11. The summed E-state index contributed by atoms with van der Waals surface area (Å²) in [5.74, 6) is -0.471. The summed E-state index contributed by atoms with van der Waals surface area (Å²) in [7, 11) is 0. The first-order chi connectivity index (χ1) is 13.9. The largest absolute Gasteiger partial charge is 0.350 e. The molecule has 0 fully saturated rings. The zero-order chi connectivity index (χ0) is 22.6. The first-order valence-electron chi connectivity index (χ1n) is 9.36. The Hall–Kier alpha value is -1.46. The van der Waals surface area contributed by atoms with Crippen molar-refractivity contribution in [3.05, 3.63) is 67.6 Å². The van der Waals surface area contributed by atoms with Gasteiger partial charge in [-0.1, -0.05) is 58.5 Å². The van der Waals surface area contributed by atoms with Gasteiger partial charge in [-0.3, -0.25) is 9.59 Å². The highest BCUT2D eigenvalue weighted by Crippen LogP contribution is 2.25. The fraction of sp³-hybridized carbons (Fsp3) is 0.364. The summed E-state index contributed by atoms with van der Waals surface area (Å²) in [6, 6.07) is 9.47. The molecular formula is C22H24Cl4N2O2. The van der Waals surface area contributed by atoms with Crippen molar-refractivity contribution in [1.82, 2.24) is 10.2 Å². The van der Waals surface area contributed by atoms with Crippen molar-refractivity contribution in [3.8, 4) is 0 Å². The minimum atomic E-state index is -0.700. The van der Waals surface area contributed by atoms with Crippen LogP contribution in [0.2, 0.25) is 20.1 Å². The lowest BCUT2D eigenvalue weighted by Crippen LogP contribution is -2.52. The van der Waals surface area contributed by atoms with E-state index in [1.807, 2.05) is 20.8 Å². The van der Waals surface area contributed by atoms with Crippen molar-refractivity contribution in [2.45, 2.75) is 52.2 Å². The van der Waals surface area contributed by atoms with Crippen molar-refractivity contribution in [1.29, 1.82) is 0 Å². The van der Waals surface area contributed by atoms with Gasteiger partial charge < -0.3 is 10.2 Å². The number of halogens is 4. The van der Waals surface area contributed by atoms with E-state index in [2.05, 4.69) is 5.32 Å². The molecule has 2 rings (SSSR count). The standard InChI is InChI=1S/C22H24Cl4N2O2/c1-13(21(30)27-22(2,3)4)28(12-15-6-8-17(24)19(26)10-15)20(29)11-14-5-7-16(23)18(25)9-14/h5-10,13H,11-12H2,1-4H3,(H,27,30). The van der Waals surface area contributed by atoms with Crippen LogP contribution in [0.4, 0.5) is 0 Å². The predicted octanol–water partition coefficient (Wildman–Crippen LogP) is 6.17. The molecule has 0 saturated carbocycles. The molecule has 1 atom stereocenters. The maximum Gasteiger partial charge on any atom is 0.242 e. The number of hydrogen-bond donors (Lipinski definition) is 1. The van der Waals surface area contributed by atoms with Crippen LogP contribution in [0.5, 0.6) is 0 Å². The van der Waals surface area contributed by atoms with Gasteiger partial charge in [0.2, 0.25) is 11.8 Å². The lowest BCUT2D eigenvalue weighted by molar-refractivity contribution is -0.140. The second kappa shape index (κ2) is 10.2. The van der Waals surface area contributed by atoms with E-state index in [9.17, 15) is 9.59 Å². The molecule has 0 radical (unpaired) electrons. The third-order valence-corrected chi connectivity index (χ3v) is 5.82. The van der Waals surface area contributed by atoms with Crippen LogP contribution in [0.1, 0.15) is 38.8 Å². The highest BCUT2D eigenvalue weighted by molar-refractivity contribution is 6.42. The van der Waals surface area contributed by atoms with Crippen molar-refractivity contribution in [2.24, 2.45) is 0 Å². The summed E-state index contributed by atoms with van der Waals surface area (Å²) in [6.45, 7) is 7.57. The lowest BCUT2D eigenvalue weighted by Gasteiger charge is -2.31. The topological polar surface area (TPSA) is 49.4 Å². The van der Waals surface area contributed by atoms with Crippen LogP contribution in [0.25, 0.3) is 0 Å². The summed E-state index contributed by atoms with van der Waals surface area (Å²) >= 11 is 24.2. The minimum absolute atomic E-state index is 0.0748. The number of carbonyl (C=O) groups is 2. The van der Waals surface area contributed by atoms with E-state index >= 15 is 0 Å². The molecule has 8 heteroatoms. The monoisotopic (exact) mass is 488 g/mol. The smallest absolute Gasteiger partial charge is 0.242 e. The SMILES string of the molecule is CC(C(=O)NC(C)(C)C)N(Cc1ccc(Cl)c(Cl)c1)C(=O)Cc1ccc(Cl)c(Cl)c1. The van der Waals surface area contributed by atoms with Gasteiger partial charge in [-0.15, -0.1) is 0 Å². The molecule has 4 nitrogen and oxygen atoms in total. The summed E-state index contributed by atoms with van der Waals surface area (Å²) in [5.41, 5.74) is 1.05. The number of hydrogen-bond acceptors (Lipinski definition) is 2. The van der Waals surface area contributed by atoms with E-state index in [0.29, 0.717) is 25.7 Å². The van der Waals surface area contributed by atoms with Gasteiger partial charge in [0.1, 0.15) is 6.04 Å². The van der Waals surface area contributed by atoms with Crippen molar-refractivity contribution in [2.75, 3.05) is 0 Å². The molecule has 0 aromatic heterocycles. The Morgan fingerprint density at radius 1 is 0.900 bits per heavy atom. The van der Waals surface area contributed by atoms with Gasteiger partial charge in [0, 0.05) is 12.1 Å². The predicted molar refractivity (Wildman–Crippen MR) is 125 cm³/mol. The third-order valence-electron chi connectivity index (χ3n) is 4.34. The van der Waals surface area contributed by atoms with Crippen LogP contribution in [0.15, 0.2) is 36.4 Å². The van der Waals surface area contributed by atoms with Gasteiger partial charge in [0.15, 0.2) is 0 Å². The maximum absolute atomic E-state index is 13.2. The molecule has 0 heterocycles. The van der Waals surface area contributed by atoms with Crippen molar-refractivity contribution in [3.63, 3.8) is 0 Å². The molecule has 2 aromatic carbocycles. The van der Waals surface area contributed by atoms with Crippen LogP contribution in [0.3, 0.4) is 0 Å². The molecular weight excluding hydrogens is 466 g/mol. The average molecular weight is 490 g/mol. The summed E-state index contributed by atoms with van der Waals surface area (Å²) in [4.78, 5) is 27.5. The van der Waals surface area contributed by atoms with Gasteiger partial charge in [-0.25, -0.2) is 0 Å². The number of amides is 2. The van der Waals surface area contributed by atoms with E-state index in [4.69, 9.17) is 46.4 Å². The van der Waals surface area contributed by atoms with Crippen LogP contribution < -0.4 is 5.32 Å². The average Bonchev–Trinajstić information content (AvgIpc) is 2.63. The number of carbonyl (C=O) groups excluding carboxylic acids is 2. The first kappa shape index (κ1) is 24.8. The number of nitrogens with one attached hydrogen (secondary N) is 1. The van der Waals surface area contributed by atoms with Gasteiger partial charge in [0.25, 0.3) is 0 Å². The molecule has 162 valence electrons. The van der Waals surface area contributed by atoms with Gasteiger partial charge >= 0.3 is 0 Å². The van der Waals surface area contributed by atoms with Crippen LogP contribution >= 0.6 is 46.4 Å². The molecule has 0 aliphatic heterocycles. The fourth-order valence-corrected chi connectivity index (χ4v) is 3.46. The van der Waals surface area contributed by atoms with Crippen LogP contribution in [0, 0.1) is 0 Å². The Kier molecular flexibility index (Phi) is 8.46. The molecule has 1 unspecified atom stereocenters. The van der Waals surface area contributed by atoms with Gasteiger partial charge in [-0.05, 0) is 63.1 Å². The van der Waals surface area contributed by atoms with E-state index < -0.39 is 11.6 Å². The van der Waals surface area contributed by atoms with E-state index in [1.54, 1.807) is 43.3 Å². The zero-order valence-electron chi connectivity index (χ0n) is 17.2. The molecule has 0 saturated heterocycles. The first-order valence-corrected chi connectivity index (χ1v) is 10.9. The minimum Gasteiger partial charge on any atom is -0.350 e. The summed E-state index contributed by atoms with van der Waals surface area (Å²) in [6.07, 6.45) is 0.0748. The van der Waals surface area contributed by atoms with E-state index in [-0.39, 0.29) is 24.8 Å². The molecule has 0 aliphatic carbocycles. The van der Waals surface area contributed by atoms with Crippen molar-refractivity contribution < 1.29 is 9.59 Å². The second-order valence-corrected chi connectivity index (χ2v) is 9.74. The lowest BCUT2D eigenvalue weighted by atomic mass is 10.1. The normalized spacial score (nSPS) is 12.4. The molecule has 0 spiro atoms. The molecule has 30 heavy (non-hydrogen) atoms. The summed E-state index contributed by atoms with van der Waals surface area (Å²) < 4.78 is 0. The Bertz CT molecular complexity index is 941. The third kappa shape index (κ3) is 7.05. The molecule has 1 N–H and O–H groups in total. The maximum atomic E-state index is 13.2. The van der Waals surface area contributed by atoms with Crippen molar-refractivity contribution >= 4 is 58.2 Å². The molecule has 0 aliphatic rings. The number of nitrogens with zero attached hydrogens (tertiary/aromatic N) is 1. The Labute approximate surface area is 197 Å².